The Bertz CT molecular complexity index is 915. The quantitative estimate of drug-likeness (QED) is 0.768. The van der Waals surface area contributed by atoms with Crippen LogP contribution in [0.4, 0.5) is 0 Å². The monoisotopic (exact) mass is 338 g/mol. The summed E-state index contributed by atoms with van der Waals surface area (Å²) < 4.78 is 6.48. The highest BCUT2D eigenvalue weighted by Gasteiger charge is 2.32. The Kier molecular flexibility index (Phi) is 4.47. The number of hydrogen-bond donors (Lipinski definition) is 1. The third-order valence-electron chi connectivity index (χ3n) is 3.86. The van der Waals surface area contributed by atoms with E-state index >= 15 is 0 Å². The fourth-order valence-electron chi connectivity index (χ4n) is 2.36. The zero-order chi connectivity index (χ0) is 17.9. The van der Waals surface area contributed by atoms with Crippen LogP contribution in [0.15, 0.2) is 64.3 Å². The van der Waals surface area contributed by atoms with E-state index in [1.54, 1.807) is 44.4 Å². The van der Waals surface area contributed by atoms with E-state index in [4.69, 9.17) is 4.42 Å². The second-order valence-electron chi connectivity index (χ2n) is 6.04. The molecule has 0 saturated carbocycles. The van der Waals surface area contributed by atoms with Gasteiger partial charge in [0.1, 0.15) is 11.2 Å². The molecule has 0 aliphatic rings. The Balaban J connectivity index is 1.84. The Morgan fingerprint density at radius 3 is 2.64 bits per heavy atom. The molecule has 25 heavy (non-hydrogen) atoms. The summed E-state index contributed by atoms with van der Waals surface area (Å²) in [5, 5.41) is 7.13. The van der Waals surface area contributed by atoms with E-state index in [1.807, 2.05) is 12.1 Å². The van der Waals surface area contributed by atoms with Crippen LogP contribution in [0.25, 0.3) is 11.5 Å². The van der Waals surface area contributed by atoms with Gasteiger partial charge in [0.2, 0.25) is 5.91 Å². The number of pyridine rings is 1. The first-order valence-electron chi connectivity index (χ1n) is 7.80. The van der Waals surface area contributed by atoms with E-state index in [9.17, 15) is 9.59 Å². The van der Waals surface area contributed by atoms with Crippen LogP contribution in [0.2, 0.25) is 0 Å². The molecule has 0 spiro atoms. The molecule has 0 saturated heterocycles. The lowest BCUT2D eigenvalue weighted by molar-refractivity contribution is -0.129. The maximum atomic E-state index is 12.6. The number of carbonyl (C=O) groups excluding carboxylic acids is 1. The molecule has 3 aromatic rings. The summed E-state index contributed by atoms with van der Waals surface area (Å²) in [5.74, 6) is 0.220. The first-order chi connectivity index (χ1) is 12.0. The summed E-state index contributed by atoms with van der Waals surface area (Å²) >= 11 is 0. The second-order valence-corrected chi connectivity index (χ2v) is 6.04. The number of hydrogen-bond acceptors (Lipinski definition) is 5. The molecule has 0 aliphatic carbocycles. The van der Waals surface area contributed by atoms with E-state index in [0.29, 0.717) is 18.0 Å². The molecular formula is C18H18N4O3. The molecular weight excluding hydrogens is 320 g/mol. The lowest BCUT2D eigenvalue weighted by atomic mass is 10.0. The lowest BCUT2D eigenvalue weighted by Gasteiger charge is -2.25. The number of rotatable bonds is 5. The summed E-state index contributed by atoms with van der Waals surface area (Å²) in [5.41, 5.74) is -0.116. The van der Waals surface area contributed by atoms with Crippen molar-refractivity contribution in [2.75, 3.05) is 0 Å². The number of nitrogens with zero attached hydrogens (tertiary/aromatic N) is 3. The van der Waals surface area contributed by atoms with Gasteiger partial charge in [0.15, 0.2) is 5.76 Å². The minimum atomic E-state index is -1.16. The third-order valence-corrected chi connectivity index (χ3v) is 3.86. The van der Waals surface area contributed by atoms with E-state index < -0.39 is 5.54 Å². The molecule has 7 heteroatoms. The van der Waals surface area contributed by atoms with Crippen LogP contribution in [0.1, 0.15) is 19.4 Å². The molecule has 0 fully saturated rings. The average molecular weight is 338 g/mol. The molecule has 1 N–H and O–H groups in total. The topological polar surface area (TPSA) is 90.0 Å². The fourth-order valence-corrected chi connectivity index (χ4v) is 2.36. The van der Waals surface area contributed by atoms with E-state index in [2.05, 4.69) is 15.4 Å². The Morgan fingerprint density at radius 2 is 1.96 bits per heavy atom. The number of carbonyl (C=O) groups is 1. The minimum absolute atomic E-state index is 0.310. The first-order valence-corrected chi connectivity index (χ1v) is 7.80. The van der Waals surface area contributed by atoms with Gasteiger partial charge in [-0.25, -0.2) is 4.68 Å². The van der Waals surface area contributed by atoms with Crippen LogP contribution < -0.4 is 10.9 Å². The van der Waals surface area contributed by atoms with Crippen molar-refractivity contribution in [3.63, 3.8) is 0 Å². The zero-order valence-electron chi connectivity index (χ0n) is 14.0. The normalized spacial score (nSPS) is 11.3. The predicted molar refractivity (Wildman–Crippen MR) is 91.6 cm³/mol. The number of nitrogens with one attached hydrogen (secondary N) is 1. The molecule has 0 aromatic carbocycles. The first kappa shape index (κ1) is 16.6. The van der Waals surface area contributed by atoms with E-state index in [1.165, 1.54) is 17.0 Å². The molecule has 1 amide bonds. The molecule has 7 nitrogen and oxygen atoms in total. The summed E-state index contributed by atoms with van der Waals surface area (Å²) in [6, 6.07) is 10.1. The molecule has 128 valence electrons. The molecule has 0 unspecified atom stereocenters. The highest BCUT2D eigenvalue weighted by molar-refractivity contribution is 5.83. The molecule has 3 rings (SSSR count). The summed E-state index contributed by atoms with van der Waals surface area (Å²) in [6.07, 6.45) is 4.84. The SMILES string of the molecule is CC(C)(C(=O)NCc1ccncc1)n1nc(-c2ccco2)ccc1=O. The van der Waals surface area contributed by atoms with Crippen molar-refractivity contribution < 1.29 is 9.21 Å². The van der Waals surface area contributed by atoms with Crippen LogP contribution in [0, 0.1) is 0 Å². The number of amides is 1. The number of furan rings is 1. The zero-order valence-corrected chi connectivity index (χ0v) is 14.0. The van der Waals surface area contributed by atoms with Crippen LogP contribution in [-0.4, -0.2) is 20.7 Å². The maximum Gasteiger partial charge on any atom is 0.267 e. The van der Waals surface area contributed by atoms with Gasteiger partial charge in [-0.05, 0) is 49.7 Å². The van der Waals surface area contributed by atoms with E-state index in [0.717, 1.165) is 5.56 Å². The van der Waals surface area contributed by atoms with Gasteiger partial charge in [-0.1, -0.05) is 0 Å². The van der Waals surface area contributed by atoms with Crippen molar-refractivity contribution in [2.24, 2.45) is 0 Å². The Hall–Kier alpha value is -3.22. The highest BCUT2D eigenvalue weighted by Crippen LogP contribution is 2.18. The molecule has 3 heterocycles. The van der Waals surface area contributed by atoms with Gasteiger partial charge in [0.05, 0.1) is 6.26 Å². The van der Waals surface area contributed by atoms with Crippen molar-refractivity contribution in [3.8, 4) is 11.5 Å². The summed E-state index contributed by atoms with van der Waals surface area (Å²) in [4.78, 5) is 28.8. The molecule has 0 radical (unpaired) electrons. The largest absolute Gasteiger partial charge is 0.463 e. The van der Waals surface area contributed by atoms with Crippen molar-refractivity contribution in [1.82, 2.24) is 20.1 Å². The standard InChI is InChI=1S/C18H18N4O3/c1-18(2,17(24)20-12-13-7-9-19-10-8-13)22-16(23)6-5-14(21-22)15-4-3-11-25-15/h3-11H,12H2,1-2H3,(H,20,24). The van der Waals surface area contributed by atoms with Crippen LogP contribution in [0.3, 0.4) is 0 Å². The Labute approximate surface area is 144 Å². The van der Waals surface area contributed by atoms with Crippen LogP contribution in [0.5, 0.6) is 0 Å². The smallest absolute Gasteiger partial charge is 0.267 e. The molecule has 0 bridgehead atoms. The molecule has 3 aromatic heterocycles. The average Bonchev–Trinajstić information content (AvgIpc) is 3.15. The molecule has 0 atom stereocenters. The van der Waals surface area contributed by atoms with Crippen molar-refractivity contribution in [3.05, 3.63) is 71.0 Å². The van der Waals surface area contributed by atoms with Crippen molar-refractivity contribution in [2.45, 2.75) is 25.9 Å². The van der Waals surface area contributed by atoms with Crippen molar-refractivity contribution >= 4 is 5.91 Å². The van der Waals surface area contributed by atoms with Gasteiger partial charge < -0.3 is 9.73 Å². The second kappa shape index (κ2) is 6.72. The fraction of sp³-hybridized carbons (Fsp3) is 0.222. The van der Waals surface area contributed by atoms with Crippen LogP contribution >= 0.6 is 0 Å². The number of aromatic nitrogens is 3. The minimum Gasteiger partial charge on any atom is -0.463 e. The van der Waals surface area contributed by atoms with Gasteiger partial charge in [-0.2, -0.15) is 5.10 Å². The van der Waals surface area contributed by atoms with E-state index in [-0.39, 0.29) is 11.5 Å². The van der Waals surface area contributed by atoms with Crippen LogP contribution in [-0.2, 0) is 16.9 Å². The van der Waals surface area contributed by atoms with Gasteiger partial charge >= 0.3 is 0 Å². The Morgan fingerprint density at radius 1 is 1.20 bits per heavy atom. The summed E-state index contributed by atoms with van der Waals surface area (Å²) in [7, 11) is 0. The van der Waals surface area contributed by atoms with Gasteiger partial charge in [-0.3, -0.25) is 14.6 Å². The lowest BCUT2D eigenvalue weighted by Crippen LogP contribution is -2.49. The van der Waals surface area contributed by atoms with Gasteiger partial charge in [-0.15, -0.1) is 0 Å². The predicted octanol–water partition coefficient (Wildman–Crippen LogP) is 1.95. The summed E-state index contributed by atoms with van der Waals surface area (Å²) in [6.45, 7) is 3.64. The molecule has 0 aliphatic heterocycles. The third kappa shape index (κ3) is 3.50. The van der Waals surface area contributed by atoms with Crippen molar-refractivity contribution in [1.29, 1.82) is 0 Å². The highest BCUT2D eigenvalue weighted by atomic mass is 16.3. The maximum absolute atomic E-state index is 12.6. The van der Waals surface area contributed by atoms with Gasteiger partial charge in [0.25, 0.3) is 5.56 Å². The van der Waals surface area contributed by atoms with Gasteiger partial charge in [0, 0.05) is 25.0 Å².